The van der Waals surface area contributed by atoms with Gasteiger partial charge in [0, 0.05) is 17.0 Å². The van der Waals surface area contributed by atoms with Gasteiger partial charge in [0.05, 0.1) is 32.6 Å². The molecule has 9 nitrogen and oxygen atoms in total. The van der Waals surface area contributed by atoms with E-state index >= 15 is 0 Å². The molecule has 0 saturated heterocycles. The molecular weight excluding hydrogens is 534 g/mol. The van der Waals surface area contributed by atoms with E-state index in [0.29, 0.717) is 51.3 Å². The van der Waals surface area contributed by atoms with Crippen LogP contribution in [0.15, 0.2) is 17.3 Å². The van der Waals surface area contributed by atoms with Gasteiger partial charge < -0.3 is 24.1 Å². The fourth-order valence-electron chi connectivity index (χ4n) is 4.93. The molecule has 1 amide bonds. The average molecular weight is 570 g/mol. The maximum atomic E-state index is 13.0. The summed E-state index contributed by atoms with van der Waals surface area (Å²) in [7, 11) is 4.69. The van der Waals surface area contributed by atoms with Gasteiger partial charge in [-0.15, -0.1) is 21.5 Å². The highest BCUT2D eigenvalue weighted by Gasteiger charge is 2.32. The molecule has 1 unspecified atom stereocenters. The SMILES string of the molecule is CCn1c(SCC(=O)Nc2sc3c(c2C#N)CCC(C(C)(C)C)C3)nnc1-c1cc(OC)c(OC)c(OC)c1. The molecule has 3 aromatic rings. The van der Waals surface area contributed by atoms with Crippen molar-refractivity contribution in [3.8, 4) is 34.7 Å². The minimum Gasteiger partial charge on any atom is -0.493 e. The van der Waals surface area contributed by atoms with Crippen LogP contribution in [0.1, 0.15) is 50.1 Å². The Morgan fingerprint density at radius 2 is 1.90 bits per heavy atom. The number of nitrogens with one attached hydrogen (secondary N) is 1. The number of nitriles is 1. The number of ether oxygens (including phenoxy) is 3. The van der Waals surface area contributed by atoms with Crippen molar-refractivity contribution >= 4 is 34.0 Å². The molecule has 0 saturated carbocycles. The van der Waals surface area contributed by atoms with Crippen LogP contribution in [0, 0.1) is 22.7 Å². The van der Waals surface area contributed by atoms with Crippen LogP contribution in [0.3, 0.4) is 0 Å². The predicted molar refractivity (Wildman–Crippen MR) is 154 cm³/mol. The fourth-order valence-corrected chi connectivity index (χ4v) is 7.02. The maximum absolute atomic E-state index is 13.0. The van der Waals surface area contributed by atoms with E-state index < -0.39 is 0 Å². The summed E-state index contributed by atoms with van der Waals surface area (Å²) in [6.07, 6.45) is 2.89. The number of thioether (sulfide) groups is 1. The van der Waals surface area contributed by atoms with Gasteiger partial charge in [0.1, 0.15) is 11.1 Å². The number of methoxy groups -OCH3 is 3. The van der Waals surface area contributed by atoms with Gasteiger partial charge in [0.25, 0.3) is 0 Å². The van der Waals surface area contributed by atoms with Gasteiger partial charge in [0.2, 0.25) is 11.7 Å². The largest absolute Gasteiger partial charge is 0.493 e. The molecule has 2 aromatic heterocycles. The van der Waals surface area contributed by atoms with Gasteiger partial charge in [-0.2, -0.15) is 5.26 Å². The summed E-state index contributed by atoms with van der Waals surface area (Å²) in [5.74, 6) is 2.70. The van der Waals surface area contributed by atoms with Crippen LogP contribution in [0.5, 0.6) is 17.2 Å². The monoisotopic (exact) mass is 569 g/mol. The number of rotatable bonds is 9. The highest BCUT2D eigenvalue weighted by atomic mass is 32.2. The molecule has 208 valence electrons. The highest BCUT2D eigenvalue weighted by Crippen LogP contribution is 2.44. The van der Waals surface area contributed by atoms with Crippen molar-refractivity contribution in [3.05, 3.63) is 28.1 Å². The lowest BCUT2D eigenvalue weighted by Gasteiger charge is -2.33. The van der Waals surface area contributed by atoms with Crippen molar-refractivity contribution < 1.29 is 19.0 Å². The van der Waals surface area contributed by atoms with Crippen molar-refractivity contribution in [2.75, 3.05) is 32.4 Å². The van der Waals surface area contributed by atoms with Crippen molar-refractivity contribution in [2.24, 2.45) is 11.3 Å². The first kappa shape index (κ1) is 28.8. The fraction of sp³-hybridized carbons (Fsp3) is 0.500. The Bertz CT molecular complexity index is 1380. The molecule has 2 heterocycles. The summed E-state index contributed by atoms with van der Waals surface area (Å²) < 4.78 is 18.3. The summed E-state index contributed by atoms with van der Waals surface area (Å²) in [5, 5.41) is 22.9. The third-order valence-corrected chi connectivity index (χ3v) is 9.28. The minimum atomic E-state index is -0.178. The number of fused-ring (bicyclic) bond motifs is 1. The molecule has 1 aliphatic rings. The second-order valence-corrected chi connectivity index (χ2v) is 12.5. The first-order valence-corrected chi connectivity index (χ1v) is 14.7. The average Bonchev–Trinajstić information content (AvgIpc) is 3.49. The zero-order valence-electron chi connectivity index (χ0n) is 23.5. The zero-order valence-corrected chi connectivity index (χ0v) is 25.1. The Kier molecular flexibility index (Phi) is 8.76. The van der Waals surface area contributed by atoms with Crippen molar-refractivity contribution in [1.29, 1.82) is 5.26 Å². The lowest BCUT2D eigenvalue weighted by molar-refractivity contribution is -0.113. The molecule has 0 bridgehead atoms. The molecule has 1 atom stereocenters. The van der Waals surface area contributed by atoms with E-state index in [2.05, 4.69) is 42.4 Å². The Hall–Kier alpha value is -3.23. The molecule has 0 fully saturated rings. The Labute approximate surface area is 237 Å². The van der Waals surface area contributed by atoms with Gasteiger partial charge in [-0.25, -0.2) is 0 Å². The number of carbonyl (C=O) groups is 1. The number of amides is 1. The number of anilines is 1. The normalized spacial score (nSPS) is 14.9. The molecule has 1 aliphatic carbocycles. The second-order valence-electron chi connectivity index (χ2n) is 10.4. The lowest BCUT2D eigenvalue weighted by atomic mass is 9.72. The molecule has 39 heavy (non-hydrogen) atoms. The summed E-state index contributed by atoms with van der Waals surface area (Å²) in [6, 6.07) is 5.98. The Morgan fingerprint density at radius 1 is 1.21 bits per heavy atom. The lowest BCUT2D eigenvalue weighted by Crippen LogP contribution is -2.26. The molecule has 4 rings (SSSR count). The molecule has 0 spiro atoms. The molecule has 11 heteroatoms. The van der Waals surface area contributed by atoms with E-state index in [9.17, 15) is 10.1 Å². The van der Waals surface area contributed by atoms with Crippen LogP contribution in [0.4, 0.5) is 5.00 Å². The smallest absolute Gasteiger partial charge is 0.235 e. The van der Waals surface area contributed by atoms with Crippen LogP contribution < -0.4 is 19.5 Å². The summed E-state index contributed by atoms with van der Waals surface area (Å²) in [5.41, 5.74) is 2.69. The van der Waals surface area contributed by atoms with Gasteiger partial charge in [0.15, 0.2) is 22.5 Å². The highest BCUT2D eigenvalue weighted by molar-refractivity contribution is 7.99. The zero-order chi connectivity index (χ0) is 28.3. The summed E-state index contributed by atoms with van der Waals surface area (Å²) >= 11 is 2.85. The molecule has 1 N–H and O–H groups in total. The van der Waals surface area contributed by atoms with E-state index in [-0.39, 0.29) is 17.1 Å². The van der Waals surface area contributed by atoms with Crippen LogP contribution in [-0.2, 0) is 24.2 Å². The second kappa shape index (κ2) is 11.9. The van der Waals surface area contributed by atoms with Crippen LogP contribution in [0.25, 0.3) is 11.4 Å². The summed E-state index contributed by atoms with van der Waals surface area (Å²) in [6.45, 7) is 9.40. The standard InChI is InChI=1S/C28H35N5O4S2/c1-8-33-25(16-11-20(35-5)24(37-7)21(12-16)36-6)31-32-27(33)38-15-23(34)30-26-19(14-29)18-10-9-17(28(2,3)4)13-22(18)39-26/h11-12,17H,8-10,13,15H2,1-7H3,(H,30,34). The van der Waals surface area contributed by atoms with Crippen molar-refractivity contribution in [3.63, 3.8) is 0 Å². The first-order valence-electron chi connectivity index (χ1n) is 12.9. The Balaban J connectivity index is 1.50. The van der Waals surface area contributed by atoms with Gasteiger partial charge >= 0.3 is 0 Å². The van der Waals surface area contributed by atoms with Crippen LogP contribution in [0.2, 0.25) is 0 Å². The van der Waals surface area contributed by atoms with Crippen LogP contribution >= 0.6 is 23.1 Å². The number of hydrogen-bond donors (Lipinski definition) is 1. The number of aromatic nitrogens is 3. The van der Waals surface area contributed by atoms with Gasteiger partial charge in [-0.3, -0.25) is 4.79 Å². The van der Waals surface area contributed by atoms with E-state index in [0.717, 1.165) is 30.4 Å². The number of nitrogens with zero attached hydrogens (tertiary/aromatic N) is 4. The van der Waals surface area contributed by atoms with E-state index in [4.69, 9.17) is 14.2 Å². The molecular formula is C28H35N5O4S2. The number of benzene rings is 1. The maximum Gasteiger partial charge on any atom is 0.235 e. The predicted octanol–water partition coefficient (Wildman–Crippen LogP) is 5.81. The van der Waals surface area contributed by atoms with Crippen molar-refractivity contribution in [1.82, 2.24) is 14.8 Å². The van der Waals surface area contributed by atoms with E-state index in [1.165, 1.54) is 16.6 Å². The molecule has 1 aromatic carbocycles. The minimum absolute atomic E-state index is 0.144. The third-order valence-electron chi connectivity index (χ3n) is 7.14. The van der Waals surface area contributed by atoms with Crippen molar-refractivity contribution in [2.45, 2.75) is 58.7 Å². The summed E-state index contributed by atoms with van der Waals surface area (Å²) in [4.78, 5) is 14.2. The quantitative estimate of drug-likeness (QED) is 0.322. The number of carbonyl (C=O) groups excluding carboxylic acids is 1. The number of hydrogen-bond acceptors (Lipinski definition) is 9. The van der Waals surface area contributed by atoms with E-state index in [1.54, 1.807) is 32.7 Å². The first-order chi connectivity index (χ1) is 18.6. The third kappa shape index (κ3) is 5.87. The number of thiophene rings is 1. The van der Waals surface area contributed by atoms with E-state index in [1.807, 2.05) is 23.6 Å². The van der Waals surface area contributed by atoms with Gasteiger partial charge in [-0.1, -0.05) is 32.5 Å². The topological polar surface area (TPSA) is 111 Å². The molecule has 0 aliphatic heterocycles. The molecule has 0 radical (unpaired) electrons. The van der Waals surface area contributed by atoms with Crippen LogP contribution in [-0.4, -0.2) is 47.8 Å². The van der Waals surface area contributed by atoms with Gasteiger partial charge in [-0.05, 0) is 55.2 Å². The Morgan fingerprint density at radius 3 is 2.46 bits per heavy atom.